The zero-order valence-corrected chi connectivity index (χ0v) is 12.6. The Kier molecular flexibility index (Phi) is 4.30. The molecule has 7 nitrogen and oxygen atoms in total. The van der Waals surface area contributed by atoms with Crippen LogP contribution in [-0.4, -0.2) is 32.5 Å². The van der Waals surface area contributed by atoms with Crippen LogP contribution in [0.3, 0.4) is 0 Å². The molecule has 2 aromatic rings. The molecule has 23 heavy (non-hydrogen) atoms. The molecule has 0 saturated heterocycles. The van der Waals surface area contributed by atoms with Gasteiger partial charge in [0.15, 0.2) is 0 Å². The number of alkyl halides is 3. The Balaban J connectivity index is 2.56. The average molecular weight is 368 g/mol. The van der Waals surface area contributed by atoms with Crippen LogP contribution in [-0.2, 0) is 20.0 Å². The molecule has 0 radical (unpaired) electrons. The van der Waals surface area contributed by atoms with Gasteiger partial charge in [-0.1, -0.05) is 18.2 Å². The van der Waals surface area contributed by atoms with E-state index in [1.54, 1.807) is 0 Å². The van der Waals surface area contributed by atoms with Crippen LogP contribution in [0.1, 0.15) is 0 Å². The van der Waals surface area contributed by atoms with Crippen LogP contribution in [0.2, 0.25) is 0 Å². The highest BCUT2D eigenvalue weighted by atomic mass is 32.2. The van der Waals surface area contributed by atoms with Crippen molar-refractivity contribution in [2.45, 2.75) is 15.3 Å². The van der Waals surface area contributed by atoms with E-state index in [4.69, 9.17) is 0 Å². The van der Waals surface area contributed by atoms with Gasteiger partial charge in [0.2, 0.25) is 9.84 Å². The van der Waals surface area contributed by atoms with Crippen molar-refractivity contribution in [3.63, 3.8) is 0 Å². The lowest BCUT2D eigenvalue weighted by Crippen LogP contribution is -2.29. The van der Waals surface area contributed by atoms with Crippen molar-refractivity contribution in [2.24, 2.45) is 0 Å². The summed E-state index contributed by atoms with van der Waals surface area (Å²) in [5, 5.41) is 6.19. The Bertz CT molecular complexity index is 912. The van der Waals surface area contributed by atoms with Crippen LogP contribution >= 0.6 is 0 Å². The number of halogens is 3. The second-order valence-electron chi connectivity index (χ2n) is 4.00. The largest absolute Gasteiger partial charge is 0.534 e. The van der Waals surface area contributed by atoms with Gasteiger partial charge in [-0.2, -0.15) is 26.7 Å². The number of benzene rings is 1. The van der Waals surface area contributed by atoms with E-state index in [0.29, 0.717) is 0 Å². The van der Waals surface area contributed by atoms with Crippen molar-refractivity contribution in [3.8, 4) is 5.88 Å². The molecule has 0 spiro atoms. The van der Waals surface area contributed by atoms with Gasteiger partial charge in [0, 0.05) is 0 Å². The standard InChI is InChI=1S/C11H7F3N2O5S2/c12-11(13,14)23(19,20)21-10-9(6-7-15-16-10)22(17,18)8-4-2-1-3-5-8/h1-7H. The summed E-state index contributed by atoms with van der Waals surface area (Å²) < 4.78 is 87.7. The van der Waals surface area contributed by atoms with Crippen LogP contribution in [0, 0.1) is 0 Å². The summed E-state index contributed by atoms with van der Waals surface area (Å²) in [4.78, 5) is -1.13. The normalized spacial score (nSPS) is 12.8. The van der Waals surface area contributed by atoms with E-state index in [1.165, 1.54) is 30.3 Å². The number of sulfone groups is 1. The number of hydrogen-bond acceptors (Lipinski definition) is 7. The maximum atomic E-state index is 12.4. The third kappa shape index (κ3) is 3.42. The first-order valence-electron chi connectivity index (χ1n) is 5.68. The molecular formula is C11H7F3N2O5S2. The van der Waals surface area contributed by atoms with Crippen LogP contribution in [0.5, 0.6) is 5.88 Å². The fourth-order valence-electron chi connectivity index (χ4n) is 1.45. The summed E-state index contributed by atoms with van der Waals surface area (Å²) in [7, 11) is -10.4. The fraction of sp³-hybridized carbons (Fsp3) is 0.0909. The monoisotopic (exact) mass is 368 g/mol. The van der Waals surface area contributed by atoms with Crippen LogP contribution in [0.25, 0.3) is 0 Å². The Labute approximate surface area is 128 Å². The predicted octanol–water partition coefficient (Wildman–Crippen LogP) is 1.54. The molecule has 1 aromatic heterocycles. The van der Waals surface area contributed by atoms with Gasteiger partial charge in [-0.05, 0) is 18.2 Å². The molecule has 0 N–H and O–H groups in total. The van der Waals surface area contributed by atoms with Crippen molar-refractivity contribution >= 4 is 20.0 Å². The molecule has 0 bridgehead atoms. The van der Waals surface area contributed by atoms with E-state index in [0.717, 1.165) is 12.3 Å². The fourth-order valence-corrected chi connectivity index (χ4v) is 3.25. The summed E-state index contributed by atoms with van der Waals surface area (Å²) in [5.41, 5.74) is -5.74. The molecule has 1 heterocycles. The summed E-state index contributed by atoms with van der Waals surface area (Å²) in [6.07, 6.45) is 0.878. The zero-order chi connectivity index (χ0) is 17.3. The number of hydrogen-bond donors (Lipinski definition) is 0. The molecule has 0 unspecified atom stereocenters. The zero-order valence-electron chi connectivity index (χ0n) is 10.9. The van der Waals surface area contributed by atoms with E-state index in [-0.39, 0.29) is 4.90 Å². The Morgan fingerprint density at radius 2 is 1.57 bits per heavy atom. The lowest BCUT2D eigenvalue weighted by atomic mass is 10.4. The second-order valence-corrected chi connectivity index (χ2v) is 7.46. The third-order valence-electron chi connectivity index (χ3n) is 2.47. The lowest BCUT2D eigenvalue weighted by molar-refractivity contribution is -0.0502. The number of rotatable bonds is 4. The second kappa shape index (κ2) is 5.77. The molecule has 0 aliphatic carbocycles. The summed E-state index contributed by atoms with van der Waals surface area (Å²) in [6, 6.07) is 7.44. The molecule has 0 fully saturated rings. The molecular weight excluding hydrogens is 361 g/mol. The van der Waals surface area contributed by atoms with Gasteiger partial charge >= 0.3 is 15.6 Å². The predicted molar refractivity (Wildman–Crippen MR) is 69.5 cm³/mol. The van der Waals surface area contributed by atoms with Crippen molar-refractivity contribution in [2.75, 3.05) is 0 Å². The molecule has 0 saturated carbocycles. The van der Waals surface area contributed by atoms with Gasteiger partial charge in [0.1, 0.15) is 4.90 Å². The number of aromatic nitrogens is 2. The molecule has 0 amide bonds. The van der Waals surface area contributed by atoms with Crippen molar-refractivity contribution in [1.82, 2.24) is 10.2 Å². The summed E-state index contributed by atoms with van der Waals surface area (Å²) in [6.45, 7) is 0. The van der Waals surface area contributed by atoms with Gasteiger partial charge < -0.3 is 4.18 Å². The maximum Gasteiger partial charge on any atom is 0.534 e. The van der Waals surface area contributed by atoms with Crippen LogP contribution in [0.4, 0.5) is 13.2 Å². The van der Waals surface area contributed by atoms with E-state index >= 15 is 0 Å². The van der Waals surface area contributed by atoms with Crippen molar-refractivity contribution in [3.05, 3.63) is 42.6 Å². The van der Waals surface area contributed by atoms with Crippen LogP contribution < -0.4 is 4.18 Å². The smallest absolute Gasteiger partial charge is 0.352 e. The Morgan fingerprint density at radius 3 is 2.13 bits per heavy atom. The summed E-state index contributed by atoms with van der Waals surface area (Å²) in [5.74, 6) is -1.28. The SMILES string of the molecule is O=S(=O)(c1ccccc1)c1ccnnc1OS(=O)(=O)C(F)(F)F. The van der Waals surface area contributed by atoms with E-state index < -0.39 is 36.2 Å². The van der Waals surface area contributed by atoms with Gasteiger partial charge in [-0.25, -0.2) is 8.42 Å². The first kappa shape index (κ1) is 17.1. The Morgan fingerprint density at radius 1 is 0.957 bits per heavy atom. The molecule has 2 rings (SSSR count). The first-order chi connectivity index (χ1) is 10.6. The van der Waals surface area contributed by atoms with Crippen molar-refractivity contribution < 1.29 is 34.2 Å². The number of nitrogens with zero attached hydrogens (tertiary/aromatic N) is 2. The summed E-state index contributed by atoms with van der Waals surface area (Å²) >= 11 is 0. The third-order valence-corrected chi connectivity index (χ3v) is 5.19. The van der Waals surface area contributed by atoms with Crippen LogP contribution in [0.15, 0.2) is 52.4 Å². The average Bonchev–Trinajstić information content (AvgIpc) is 2.47. The minimum atomic E-state index is -6.08. The highest BCUT2D eigenvalue weighted by molar-refractivity contribution is 7.91. The first-order valence-corrected chi connectivity index (χ1v) is 8.57. The van der Waals surface area contributed by atoms with Gasteiger partial charge in [-0.3, -0.25) is 0 Å². The molecule has 12 heteroatoms. The maximum absolute atomic E-state index is 12.4. The van der Waals surface area contributed by atoms with E-state index in [9.17, 15) is 30.0 Å². The minimum Gasteiger partial charge on any atom is -0.352 e. The Hall–Kier alpha value is -2.21. The molecule has 1 aromatic carbocycles. The minimum absolute atomic E-state index is 0.276. The quantitative estimate of drug-likeness (QED) is 0.596. The molecule has 0 atom stereocenters. The molecule has 0 aliphatic rings. The van der Waals surface area contributed by atoms with E-state index in [2.05, 4.69) is 14.4 Å². The molecule has 124 valence electrons. The highest BCUT2D eigenvalue weighted by Crippen LogP contribution is 2.31. The van der Waals surface area contributed by atoms with Gasteiger partial charge in [-0.15, -0.1) is 5.10 Å². The van der Waals surface area contributed by atoms with Crippen molar-refractivity contribution in [1.29, 1.82) is 0 Å². The topological polar surface area (TPSA) is 103 Å². The van der Waals surface area contributed by atoms with Gasteiger partial charge in [0.25, 0.3) is 5.88 Å². The lowest BCUT2D eigenvalue weighted by Gasteiger charge is -2.11. The highest BCUT2D eigenvalue weighted by Gasteiger charge is 2.49. The van der Waals surface area contributed by atoms with Gasteiger partial charge in [0.05, 0.1) is 11.1 Å². The molecule has 0 aliphatic heterocycles. The van der Waals surface area contributed by atoms with E-state index in [1.807, 2.05) is 0 Å².